The Morgan fingerprint density at radius 1 is 1.35 bits per heavy atom. The Hall–Kier alpha value is -1.89. The molecule has 0 unspecified atom stereocenters. The number of rotatable bonds is 5. The molecule has 1 aromatic rings. The van der Waals surface area contributed by atoms with E-state index < -0.39 is 0 Å². The molecule has 1 rings (SSSR count). The van der Waals surface area contributed by atoms with Gasteiger partial charge in [-0.05, 0) is 24.5 Å². The number of aliphatic imine (C=N–C) groups is 1. The van der Waals surface area contributed by atoms with Gasteiger partial charge in [-0.2, -0.15) is 0 Å². The van der Waals surface area contributed by atoms with E-state index in [-0.39, 0.29) is 0 Å². The normalized spacial score (nSPS) is 11.8. The molecule has 0 aliphatic carbocycles. The summed E-state index contributed by atoms with van der Waals surface area (Å²) in [4.78, 5) is 4.53. The van der Waals surface area contributed by atoms with E-state index in [0.717, 1.165) is 23.2 Å². The van der Waals surface area contributed by atoms with Gasteiger partial charge >= 0.3 is 0 Å². The molecule has 0 heterocycles. The van der Waals surface area contributed by atoms with Crippen LogP contribution in [0.25, 0.3) is 5.57 Å². The van der Waals surface area contributed by atoms with Crippen molar-refractivity contribution in [2.45, 2.75) is 20.3 Å². The first-order valence-electron chi connectivity index (χ1n) is 5.82. The summed E-state index contributed by atoms with van der Waals surface area (Å²) in [6.45, 7) is 11.7. The van der Waals surface area contributed by atoms with Crippen molar-refractivity contribution in [2.24, 2.45) is 4.99 Å². The van der Waals surface area contributed by atoms with E-state index in [4.69, 9.17) is 0 Å². The molecule has 0 aliphatic rings. The van der Waals surface area contributed by atoms with Crippen molar-refractivity contribution < 1.29 is 0 Å². The topological polar surface area (TPSA) is 12.4 Å². The summed E-state index contributed by atoms with van der Waals surface area (Å²) >= 11 is 0. The van der Waals surface area contributed by atoms with E-state index in [9.17, 15) is 0 Å². The zero-order valence-corrected chi connectivity index (χ0v) is 10.6. The van der Waals surface area contributed by atoms with Crippen LogP contribution < -0.4 is 0 Å². The predicted octanol–water partition coefficient (Wildman–Crippen LogP) is 4.86. The summed E-state index contributed by atoms with van der Waals surface area (Å²) in [6.07, 6.45) is 8.42. The Kier molecular flexibility index (Phi) is 5.15. The fourth-order valence-corrected chi connectivity index (χ4v) is 1.64. The van der Waals surface area contributed by atoms with Crippen LogP contribution in [0.4, 0.5) is 5.69 Å². The molecular formula is C16H19N. The lowest BCUT2D eigenvalue weighted by Gasteiger charge is -2.09. The van der Waals surface area contributed by atoms with Crippen molar-refractivity contribution in [3.63, 3.8) is 0 Å². The van der Waals surface area contributed by atoms with Crippen LogP contribution in [0.1, 0.15) is 24.5 Å². The molecule has 0 atom stereocenters. The molecule has 1 aromatic carbocycles. The number of nitrogens with zero attached hydrogens (tertiary/aromatic N) is 1. The molecular weight excluding hydrogens is 206 g/mol. The molecule has 0 aromatic heterocycles. The highest BCUT2D eigenvalue weighted by atomic mass is 14.7. The minimum Gasteiger partial charge on any atom is -0.260 e. The first-order chi connectivity index (χ1) is 8.24. The van der Waals surface area contributed by atoms with E-state index in [0.29, 0.717) is 0 Å². The first kappa shape index (κ1) is 13.2. The average Bonchev–Trinajstić information content (AvgIpc) is 2.34. The molecule has 0 N–H and O–H groups in total. The fourth-order valence-electron chi connectivity index (χ4n) is 1.64. The van der Waals surface area contributed by atoms with Gasteiger partial charge in [0.2, 0.25) is 0 Å². The standard InChI is InChI=1S/C16H19N/c1-5-9-14(7-3)15-11-8-10-13(4)16(15)17-12-6-2/h5,7-12H,1,3,6H2,2,4H3/b14-9+,17-12?. The maximum Gasteiger partial charge on any atom is 0.0733 e. The van der Waals surface area contributed by atoms with Crippen LogP contribution in [0.5, 0.6) is 0 Å². The highest BCUT2D eigenvalue weighted by molar-refractivity contribution is 5.84. The molecule has 0 spiro atoms. The summed E-state index contributed by atoms with van der Waals surface area (Å²) in [6, 6.07) is 6.17. The molecule has 88 valence electrons. The highest BCUT2D eigenvalue weighted by Crippen LogP contribution is 2.30. The number of hydrogen-bond donors (Lipinski definition) is 0. The molecule has 0 radical (unpaired) electrons. The molecule has 0 saturated carbocycles. The molecule has 0 fully saturated rings. The molecule has 0 amide bonds. The van der Waals surface area contributed by atoms with Gasteiger partial charge in [0.25, 0.3) is 0 Å². The lowest BCUT2D eigenvalue weighted by Crippen LogP contribution is -1.86. The van der Waals surface area contributed by atoms with Crippen LogP contribution in [-0.4, -0.2) is 6.21 Å². The van der Waals surface area contributed by atoms with Crippen LogP contribution in [0.3, 0.4) is 0 Å². The van der Waals surface area contributed by atoms with Crippen LogP contribution in [0, 0.1) is 6.92 Å². The minimum atomic E-state index is 0.933. The maximum absolute atomic E-state index is 4.53. The predicted molar refractivity (Wildman–Crippen MR) is 78.0 cm³/mol. The van der Waals surface area contributed by atoms with Crippen LogP contribution >= 0.6 is 0 Å². The highest BCUT2D eigenvalue weighted by Gasteiger charge is 2.05. The van der Waals surface area contributed by atoms with Gasteiger partial charge < -0.3 is 0 Å². The zero-order chi connectivity index (χ0) is 12.7. The van der Waals surface area contributed by atoms with E-state index in [1.807, 2.05) is 24.4 Å². The molecule has 1 heteroatoms. The van der Waals surface area contributed by atoms with Crippen molar-refractivity contribution in [1.82, 2.24) is 0 Å². The quantitative estimate of drug-likeness (QED) is 0.501. The molecule has 0 saturated heterocycles. The number of para-hydroxylation sites is 1. The monoisotopic (exact) mass is 225 g/mol. The number of hydrogen-bond acceptors (Lipinski definition) is 1. The van der Waals surface area contributed by atoms with E-state index >= 15 is 0 Å². The summed E-state index contributed by atoms with van der Waals surface area (Å²) < 4.78 is 0. The number of benzene rings is 1. The Morgan fingerprint density at radius 3 is 2.71 bits per heavy atom. The molecule has 0 aliphatic heterocycles. The zero-order valence-electron chi connectivity index (χ0n) is 10.6. The van der Waals surface area contributed by atoms with Gasteiger partial charge in [-0.3, -0.25) is 4.99 Å². The van der Waals surface area contributed by atoms with Gasteiger partial charge in [0.15, 0.2) is 0 Å². The van der Waals surface area contributed by atoms with Crippen LogP contribution in [0.2, 0.25) is 0 Å². The summed E-state index contributed by atoms with van der Waals surface area (Å²) in [7, 11) is 0. The second kappa shape index (κ2) is 6.64. The Balaban J connectivity index is 3.36. The van der Waals surface area contributed by atoms with Crippen molar-refractivity contribution in [2.75, 3.05) is 0 Å². The summed E-state index contributed by atoms with van der Waals surface area (Å²) in [5, 5.41) is 0. The van der Waals surface area contributed by atoms with E-state index in [1.165, 1.54) is 5.56 Å². The SMILES string of the molecule is C=C/C=C(\C=C)c1cccc(C)c1N=CCC. The van der Waals surface area contributed by atoms with E-state index in [1.54, 1.807) is 6.08 Å². The van der Waals surface area contributed by atoms with Gasteiger partial charge in [0.05, 0.1) is 5.69 Å². The summed E-state index contributed by atoms with van der Waals surface area (Å²) in [5.41, 5.74) is 4.34. The lowest BCUT2D eigenvalue weighted by atomic mass is 10.0. The smallest absolute Gasteiger partial charge is 0.0733 e. The minimum absolute atomic E-state index is 0.933. The third-order valence-electron chi connectivity index (χ3n) is 2.47. The Labute approximate surface area is 104 Å². The van der Waals surface area contributed by atoms with Gasteiger partial charge in [0.1, 0.15) is 0 Å². The first-order valence-corrected chi connectivity index (χ1v) is 5.82. The third-order valence-corrected chi connectivity index (χ3v) is 2.47. The van der Waals surface area contributed by atoms with Crippen LogP contribution in [0.15, 0.2) is 54.6 Å². The van der Waals surface area contributed by atoms with Crippen molar-refractivity contribution in [3.05, 3.63) is 60.7 Å². The van der Waals surface area contributed by atoms with Crippen molar-refractivity contribution in [1.29, 1.82) is 0 Å². The van der Waals surface area contributed by atoms with Crippen molar-refractivity contribution in [3.8, 4) is 0 Å². The second-order valence-electron chi connectivity index (χ2n) is 3.75. The second-order valence-corrected chi connectivity index (χ2v) is 3.75. The van der Waals surface area contributed by atoms with Crippen molar-refractivity contribution >= 4 is 17.5 Å². The Bertz CT molecular complexity index is 464. The summed E-state index contributed by atoms with van der Waals surface area (Å²) in [5.74, 6) is 0. The van der Waals surface area contributed by atoms with E-state index in [2.05, 4.69) is 44.1 Å². The average molecular weight is 225 g/mol. The molecule has 17 heavy (non-hydrogen) atoms. The maximum atomic E-state index is 4.53. The number of allylic oxidation sites excluding steroid dienone is 4. The van der Waals surface area contributed by atoms with Gasteiger partial charge in [-0.1, -0.05) is 56.5 Å². The third kappa shape index (κ3) is 3.28. The Morgan fingerprint density at radius 2 is 2.12 bits per heavy atom. The fraction of sp³-hybridized carbons (Fsp3) is 0.188. The number of aryl methyl sites for hydroxylation is 1. The molecule has 1 nitrogen and oxygen atoms in total. The molecule has 0 bridgehead atoms. The van der Waals surface area contributed by atoms with Gasteiger partial charge in [-0.15, -0.1) is 0 Å². The lowest BCUT2D eigenvalue weighted by molar-refractivity contribution is 1.30. The van der Waals surface area contributed by atoms with Gasteiger partial charge in [0, 0.05) is 11.8 Å². The van der Waals surface area contributed by atoms with Gasteiger partial charge in [-0.25, -0.2) is 0 Å². The van der Waals surface area contributed by atoms with Crippen LogP contribution in [-0.2, 0) is 0 Å². The largest absolute Gasteiger partial charge is 0.260 e.